The van der Waals surface area contributed by atoms with Gasteiger partial charge in [-0.1, -0.05) is 12.5 Å². The summed E-state index contributed by atoms with van der Waals surface area (Å²) >= 11 is 0. The smallest absolute Gasteiger partial charge is 0.305 e. The normalized spacial score (nSPS) is 22.1. The van der Waals surface area contributed by atoms with E-state index in [1.54, 1.807) is 0 Å². The number of unbranched alkanes of at least 4 members (excludes halogenated alkanes) is 3. The summed E-state index contributed by atoms with van der Waals surface area (Å²) in [4.78, 5) is 22.2. The van der Waals surface area contributed by atoms with E-state index in [9.17, 15) is 14.7 Å². The van der Waals surface area contributed by atoms with Crippen LogP contribution in [-0.4, -0.2) is 30.1 Å². The van der Waals surface area contributed by atoms with E-state index in [2.05, 4.69) is 4.74 Å². The van der Waals surface area contributed by atoms with Gasteiger partial charge in [0, 0.05) is 19.3 Å². The summed E-state index contributed by atoms with van der Waals surface area (Å²) < 4.78 is 4.54. The second-order valence-corrected chi connectivity index (χ2v) is 4.39. The molecule has 4 nitrogen and oxygen atoms in total. The Kier molecular flexibility index (Phi) is 5.91. The highest BCUT2D eigenvalue weighted by Gasteiger charge is 2.24. The fraction of sp³-hybridized carbons (Fsp3) is 0.692. The molecule has 1 atom stereocenters. The molecular formula is C13H20O4. The zero-order valence-electron chi connectivity index (χ0n) is 10.3. The van der Waals surface area contributed by atoms with Gasteiger partial charge in [-0.3, -0.25) is 9.59 Å². The number of carbonyl (C=O) groups is 2. The molecule has 1 fully saturated rings. The van der Waals surface area contributed by atoms with Crippen LogP contribution in [0.25, 0.3) is 0 Å². The average Bonchev–Trinajstić information content (AvgIpc) is 2.62. The van der Waals surface area contributed by atoms with Crippen LogP contribution < -0.4 is 0 Å². The number of allylic oxidation sites excluding steroid dienone is 1. The number of esters is 1. The van der Waals surface area contributed by atoms with Crippen molar-refractivity contribution in [2.75, 3.05) is 7.11 Å². The number of ether oxygens (including phenoxy) is 1. The molecule has 1 aliphatic carbocycles. The van der Waals surface area contributed by atoms with Crippen molar-refractivity contribution < 1.29 is 19.4 Å². The van der Waals surface area contributed by atoms with Gasteiger partial charge in [-0.25, -0.2) is 0 Å². The molecule has 1 rings (SSSR count). The Labute approximate surface area is 102 Å². The van der Waals surface area contributed by atoms with Gasteiger partial charge in [0.05, 0.1) is 13.2 Å². The Morgan fingerprint density at radius 3 is 2.76 bits per heavy atom. The average molecular weight is 240 g/mol. The van der Waals surface area contributed by atoms with E-state index >= 15 is 0 Å². The molecule has 0 saturated heterocycles. The maximum absolute atomic E-state index is 11.3. The number of aliphatic hydroxyl groups is 1. The predicted octanol–water partition coefficient (Wildman–Crippen LogP) is 1.76. The summed E-state index contributed by atoms with van der Waals surface area (Å²) in [5, 5.41) is 9.29. The highest BCUT2D eigenvalue weighted by Crippen LogP contribution is 2.22. The van der Waals surface area contributed by atoms with Gasteiger partial charge in [0.25, 0.3) is 0 Å². The molecule has 0 aromatic carbocycles. The lowest BCUT2D eigenvalue weighted by Gasteiger charge is -1.99. The van der Waals surface area contributed by atoms with Gasteiger partial charge >= 0.3 is 5.97 Å². The van der Waals surface area contributed by atoms with E-state index in [0.717, 1.165) is 31.3 Å². The molecule has 1 aliphatic rings. The van der Waals surface area contributed by atoms with Gasteiger partial charge in [0.15, 0.2) is 5.78 Å². The van der Waals surface area contributed by atoms with E-state index in [1.807, 2.05) is 6.08 Å². The lowest BCUT2D eigenvalue weighted by Crippen LogP contribution is -1.99. The summed E-state index contributed by atoms with van der Waals surface area (Å²) in [7, 11) is 1.39. The fourth-order valence-electron chi connectivity index (χ4n) is 1.95. The molecule has 0 bridgehead atoms. The molecule has 0 aliphatic heterocycles. The number of methoxy groups -OCH3 is 1. The number of rotatable bonds is 6. The van der Waals surface area contributed by atoms with Crippen LogP contribution in [0.2, 0.25) is 0 Å². The zero-order valence-corrected chi connectivity index (χ0v) is 10.3. The standard InChI is InChI=1S/C13H20O4/c1-17-13(16)7-5-3-2-4-6-10-8-11(14)9-12(10)15/h6,11,14H,2-5,7-9H2,1H3. The molecule has 0 amide bonds. The monoisotopic (exact) mass is 240 g/mol. The molecule has 0 aromatic rings. The van der Waals surface area contributed by atoms with Crippen LogP contribution in [0, 0.1) is 0 Å². The Bertz CT molecular complexity index is 307. The summed E-state index contributed by atoms with van der Waals surface area (Å²) in [6.07, 6.45) is 6.27. The Hall–Kier alpha value is -1.16. The van der Waals surface area contributed by atoms with Crippen LogP contribution in [0.5, 0.6) is 0 Å². The highest BCUT2D eigenvalue weighted by atomic mass is 16.5. The van der Waals surface area contributed by atoms with E-state index in [0.29, 0.717) is 12.8 Å². The van der Waals surface area contributed by atoms with Gasteiger partial charge < -0.3 is 9.84 Å². The number of aliphatic hydroxyl groups excluding tert-OH is 1. The van der Waals surface area contributed by atoms with Crippen LogP contribution in [0.1, 0.15) is 44.9 Å². The minimum atomic E-state index is -0.479. The van der Waals surface area contributed by atoms with Crippen LogP contribution in [0.3, 0.4) is 0 Å². The van der Waals surface area contributed by atoms with E-state index < -0.39 is 6.10 Å². The first-order chi connectivity index (χ1) is 8.13. The first kappa shape index (κ1) is 13.9. The number of ketones is 1. The zero-order chi connectivity index (χ0) is 12.7. The quantitative estimate of drug-likeness (QED) is 0.436. The highest BCUT2D eigenvalue weighted by molar-refractivity contribution is 5.98. The van der Waals surface area contributed by atoms with Crippen molar-refractivity contribution >= 4 is 11.8 Å². The SMILES string of the molecule is COC(=O)CCCCCC=C1CC(O)CC1=O. The Balaban J connectivity index is 2.10. The fourth-order valence-corrected chi connectivity index (χ4v) is 1.95. The lowest BCUT2D eigenvalue weighted by atomic mass is 10.1. The second-order valence-electron chi connectivity index (χ2n) is 4.39. The van der Waals surface area contributed by atoms with Gasteiger partial charge in [-0.05, 0) is 24.8 Å². The number of Topliss-reactive ketones (excluding diaryl/α,β-unsaturated/α-hetero) is 1. The molecule has 1 saturated carbocycles. The van der Waals surface area contributed by atoms with Gasteiger partial charge in [0.2, 0.25) is 0 Å². The molecule has 1 unspecified atom stereocenters. The molecule has 1 N–H and O–H groups in total. The molecular weight excluding hydrogens is 220 g/mol. The first-order valence-electron chi connectivity index (χ1n) is 6.10. The van der Waals surface area contributed by atoms with Crippen LogP contribution in [0.4, 0.5) is 0 Å². The predicted molar refractivity (Wildman–Crippen MR) is 63.4 cm³/mol. The summed E-state index contributed by atoms with van der Waals surface area (Å²) in [6.45, 7) is 0. The molecule has 4 heteroatoms. The number of carbonyl (C=O) groups excluding carboxylic acids is 2. The van der Waals surface area contributed by atoms with Crippen molar-refractivity contribution in [3.05, 3.63) is 11.6 Å². The molecule has 0 radical (unpaired) electrons. The minimum absolute atomic E-state index is 0.0760. The van der Waals surface area contributed by atoms with Crippen LogP contribution in [0.15, 0.2) is 11.6 Å². The lowest BCUT2D eigenvalue weighted by molar-refractivity contribution is -0.140. The summed E-state index contributed by atoms with van der Waals surface area (Å²) in [5.41, 5.74) is 0.769. The van der Waals surface area contributed by atoms with Gasteiger partial charge in [-0.2, -0.15) is 0 Å². The molecule has 0 heterocycles. The van der Waals surface area contributed by atoms with Crippen molar-refractivity contribution in [1.82, 2.24) is 0 Å². The second kappa shape index (κ2) is 7.22. The van der Waals surface area contributed by atoms with E-state index in [4.69, 9.17) is 0 Å². The van der Waals surface area contributed by atoms with Crippen molar-refractivity contribution in [2.24, 2.45) is 0 Å². The maximum Gasteiger partial charge on any atom is 0.305 e. The number of hydrogen-bond acceptors (Lipinski definition) is 4. The molecule has 0 aromatic heterocycles. The summed E-state index contributed by atoms with van der Waals surface area (Å²) in [6, 6.07) is 0. The molecule has 17 heavy (non-hydrogen) atoms. The Morgan fingerprint density at radius 2 is 2.18 bits per heavy atom. The third-order valence-electron chi connectivity index (χ3n) is 2.94. The van der Waals surface area contributed by atoms with Crippen molar-refractivity contribution in [2.45, 2.75) is 51.0 Å². The Morgan fingerprint density at radius 1 is 1.41 bits per heavy atom. The van der Waals surface area contributed by atoms with Crippen LogP contribution in [-0.2, 0) is 14.3 Å². The topological polar surface area (TPSA) is 63.6 Å². The third-order valence-corrected chi connectivity index (χ3v) is 2.94. The van der Waals surface area contributed by atoms with Crippen LogP contribution >= 0.6 is 0 Å². The van der Waals surface area contributed by atoms with Gasteiger partial charge in [-0.15, -0.1) is 0 Å². The van der Waals surface area contributed by atoms with E-state index in [1.165, 1.54) is 7.11 Å². The molecule has 96 valence electrons. The largest absolute Gasteiger partial charge is 0.469 e. The van der Waals surface area contributed by atoms with Crippen molar-refractivity contribution in [3.8, 4) is 0 Å². The summed E-state index contributed by atoms with van der Waals surface area (Å²) in [5.74, 6) is -0.0930. The maximum atomic E-state index is 11.3. The van der Waals surface area contributed by atoms with E-state index in [-0.39, 0.29) is 18.2 Å². The minimum Gasteiger partial charge on any atom is -0.469 e. The van der Waals surface area contributed by atoms with Crippen molar-refractivity contribution in [1.29, 1.82) is 0 Å². The number of hydrogen-bond donors (Lipinski definition) is 1. The molecule has 0 spiro atoms. The van der Waals surface area contributed by atoms with Crippen molar-refractivity contribution in [3.63, 3.8) is 0 Å². The first-order valence-corrected chi connectivity index (χ1v) is 6.10. The van der Waals surface area contributed by atoms with Gasteiger partial charge in [0.1, 0.15) is 0 Å². The third kappa shape index (κ3) is 5.13.